The lowest BCUT2D eigenvalue weighted by Crippen LogP contribution is -2.24. The van der Waals surface area contributed by atoms with Crippen molar-refractivity contribution in [1.29, 1.82) is 0 Å². The van der Waals surface area contributed by atoms with E-state index in [0.717, 1.165) is 36.9 Å². The minimum absolute atomic E-state index is 0.0960. The fraction of sp³-hybridized carbons (Fsp3) is 0.640. The summed E-state index contributed by atoms with van der Waals surface area (Å²) in [4.78, 5) is 26.0. The molecule has 5 nitrogen and oxygen atoms in total. The predicted molar refractivity (Wildman–Crippen MR) is 135 cm³/mol. The third kappa shape index (κ3) is 10.6. The van der Waals surface area contributed by atoms with Crippen LogP contribution in [0.4, 0.5) is 5.82 Å². The summed E-state index contributed by atoms with van der Waals surface area (Å²) in [6.45, 7) is 22.2. The van der Waals surface area contributed by atoms with E-state index in [-0.39, 0.29) is 5.56 Å². The van der Waals surface area contributed by atoms with Gasteiger partial charge in [0, 0.05) is 24.0 Å². The number of nitrogens with one attached hydrogen (secondary N) is 1. The van der Waals surface area contributed by atoms with Crippen molar-refractivity contribution in [3.63, 3.8) is 0 Å². The average molecular weight is 419 g/mol. The molecule has 0 amide bonds. The van der Waals surface area contributed by atoms with Crippen LogP contribution in [0.2, 0.25) is 0 Å². The van der Waals surface area contributed by atoms with Crippen LogP contribution in [-0.2, 0) is 0 Å². The Labute approximate surface area is 185 Å². The number of aliphatic imine (C=N–C) groups is 1. The van der Waals surface area contributed by atoms with Gasteiger partial charge >= 0.3 is 0 Å². The highest BCUT2D eigenvalue weighted by Gasteiger charge is 2.06. The number of pyridine rings is 2. The maximum absolute atomic E-state index is 11.8. The van der Waals surface area contributed by atoms with Crippen molar-refractivity contribution in [3.05, 3.63) is 33.6 Å². The van der Waals surface area contributed by atoms with Crippen LogP contribution >= 0.6 is 0 Å². The number of aryl methyl sites for hydroxylation is 2. The number of fused-ring (bicyclic) bond motifs is 1. The first-order valence-corrected chi connectivity index (χ1v) is 11.8. The molecule has 172 valence electrons. The van der Waals surface area contributed by atoms with Crippen molar-refractivity contribution >= 4 is 23.2 Å². The first-order valence-electron chi connectivity index (χ1n) is 11.8. The Kier molecular flexibility index (Phi) is 18.8. The maximum atomic E-state index is 11.8. The summed E-state index contributed by atoms with van der Waals surface area (Å²) < 4.78 is 0. The minimum Gasteiger partial charge on any atom is -0.363 e. The Morgan fingerprint density at radius 1 is 0.933 bits per heavy atom. The molecule has 0 saturated carbocycles. The topological polar surface area (TPSA) is 61.4 Å². The van der Waals surface area contributed by atoms with Gasteiger partial charge in [-0.05, 0) is 44.4 Å². The number of H-pyrrole nitrogens is 1. The number of aromatic nitrogens is 2. The van der Waals surface area contributed by atoms with E-state index < -0.39 is 0 Å². The number of aromatic amines is 1. The van der Waals surface area contributed by atoms with Crippen LogP contribution in [0.3, 0.4) is 0 Å². The van der Waals surface area contributed by atoms with Gasteiger partial charge in [0.05, 0.1) is 6.34 Å². The Morgan fingerprint density at radius 2 is 1.43 bits per heavy atom. The summed E-state index contributed by atoms with van der Waals surface area (Å²) in [6, 6.07) is 3.90. The molecule has 0 radical (unpaired) electrons. The zero-order valence-electron chi connectivity index (χ0n) is 21.2. The van der Waals surface area contributed by atoms with Crippen LogP contribution in [0, 0.1) is 13.8 Å². The maximum Gasteiger partial charge on any atom is 0.252 e. The molecule has 30 heavy (non-hydrogen) atoms. The van der Waals surface area contributed by atoms with Gasteiger partial charge in [-0.2, -0.15) is 0 Å². The molecule has 2 rings (SSSR count). The molecule has 0 fully saturated rings. The fourth-order valence-corrected chi connectivity index (χ4v) is 2.56. The summed E-state index contributed by atoms with van der Waals surface area (Å²) in [6.07, 6.45) is 6.56. The number of hydrogen-bond acceptors (Lipinski definition) is 3. The number of hydrogen-bond donors (Lipinski definition) is 1. The van der Waals surface area contributed by atoms with E-state index in [9.17, 15) is 4.79 Å². The number of unbranched alkanes of at least 4 members (excludes halogenated alkanes) is 2. The highest BCUT2D eigenvalue weighted by Crippen LogP contribution is 2.20. The first-order chi connectivity index (χ1) is 14.5. The van der Waals surface area contributed by atoms with Gasteiger partial charge in [-0.1, -0.05) is 68.2 Å². The zero-order chi connectivity index (χ0) is 23.5. The van der Waals surface area contributed by atoms with Gasteiger partial charge < -0.3 is 9.88 Å². The fourth-order valence-electron chi connectivity index (χ4n) is 2.56. The second kappa shape index (κ2) is 18.8. The predicted octanol–water partition coefficient (Wildman–Crippen LogP) is 7.18. The highest BCUT2D eigenvalue weighted by molar-refractivity contribution is 5.78. The molecule has 2 aromatic rings. The second-order valence-corrected chi connectivity index (χ2v) is 6.34. The van der Waals surface area contributed by atoms with Crippen LogP contribution in [0.5, 0.6) is 0 Å². The Morgan fingerprint density at radius 3 is 1.93 bits per heavy atom. The van der Waals surface area contributed by atoms with Crippen molar-refractivity contribution in [3.8, 4) is 0 Å². The molecular formula is C25H46N4O. The second-order valence-electron chi connectivity index (χ2n) is 6.34. The van der Waals surface area contributed by atoms with E-state index in [4.69, 9.17) is 0 Å². The molecule has 0 bridgehead atoms. The van der Waals surface area contributed by atoms with Gasteiger partial charge in [0.2, 0.25) is 0 Å². The van der Waals surface area contributed by atoms with E-state index in [1.165, 1.54) is 12.8 Å². The summed E-state index contributed by atoms with van der Waals surface area (Å²) in [5, 5.41) is 0.942. The van der Waals surface area contributed by atoms with Gasteiger partial charge in [-0.25, -0.2) is 9.98 Å². The zero-order valence-corrected chi connectivity index (χ0v) is 21.2. The van der Waals surface area contributed by atoms with Gasteiger partial charge in [-0.15, -0.1) is 0 Å². The molecule has 0 spiro atoms. The van der Waals surface area contributed by atoms with Crippen LogP contribution in [-0.4, -0.2) is 34.3 Å². The normalized spacial score (nSPS) is 9.80. The van der Waals surface area contributed by atoms with Crippen LogP contribution in [0.1, 0.15) is 92.2 Å². The quantitative estimate of drug-likeness (QED) is 0.365. The molecule has 0 aliphatic heterocycles. The van der Waals surface area contributed by atoms with E-state index >= 15 is 0 Å². The SMILES string of the molecule is CC.CC.CC.CCCCN(C=Nc1nc2[nH]c(=O)c(C)cc2cc1C)CCCC. The van der Waals surface area contributed by atoms with Gasteiger partial charge in [0.25, 0.3) is 5.56 Å². The molecule has 2 aromatic heterocycles. The Balaban J connectivity index is 0. The lowest BCUT2D eigenvalue weighted by Gasteiger charge is -2.18. The van der Waals surface area contributed by atoms with Crippen molar-refractivity contribution in [2.45, 2.75) is 94.9 Å². The van der Waals surface area contributed by atoms with Crippen LogP contribution < -0.4 is 5.56 Å². The van der Waals surface area contributed by atoms with E-state index in [1.54, 1.807) is 6.92 Å². The summed E-state index contributed by atoms with van der Waals surface area (Å²) >= 11 is 0. The molecule has 0 unspecified atom stereocenters. The van der Waals surface area contributed by atoms with Gasteiger partial charge in [-0.3, -0.25) is 4.79 Å². The van der Waals surface area contributed by atoms with Crippen LogP contribution in [0.15, 0.2) is 21.9 Å². The molecule has 2 heterocycles. The highest BCUT2D eigenvalue weighted by atomic mass is 16.1. The molecule has 0 atom stereocenters. The summed E-state index contributed by atoms with van der Waals surface area (Å²) in [5.41, 5.74) is 2.21. The molecule has 5 heteroatoms. The molecule has 0 aliphatic rings. The van der Waals surface area contributed by atoms with E-state index in [0.29, 0.717) is 17.0 Å². The smallest absolute Gasteiger partial charge is 0.252 e. The van der Waals surface area contributed by atoms with Gasteiger partial charge in [0.15, 0.2) is 5.82 Å². The summed E-state index contributed by atoms with van der Waals surface area (Å²) in [5.74, 6) is 0.667. The molecule has 0 aromatic carbocycles. The largest absolute Gasteiger partial charge is 0.363 e. The first kappa shape index (κ1) is 30.0. The Hall–Kier alpha value is -2.17. The van der Waals surface area contributed by atoms with Crippen molar-refractivity contribution in [2.24, 2.45) is 4.99 Å². The Bertz CT molecular complexity index is 758. The van der Waals surface area contributed by atoms with E-state index in [2.05, 4.69) is 33.7 Å². The van der Waals surface area contributed by atoms with Crippen molar-refractivity contribution < 1.29 is 0 Å². The third-order valence-corrected chi connectivity index (χ3v) is 4.12. The number of nitrogens with zero attached hydrogens (tertiary/aromatic N) is 3. The van der Waals surface area contributed by atoms with Crippen LogP contribution in [0.25, 0.3) is 11.0 Å². The summed E-state index contributed by atoms with van der Waals surface area (Å²) in [7, 11) is 0. The lowest BCUT2D eigenvalue weighted by molar-refractivity contribution is 0.409. The molecule has 0 aliphatic carbocycles. The lowest BCUT2D eigenvalue weighted by atomic mass is 10.2. The number of rotatable bonds is 8. The average Bonchev–Trinajstić information content (AvgIpc) is 2.79. The minimum atomic E-state index is -0.0960. The molecule has 0 saturated heterocycles. The van der Waals surface area contributed by atoms with E-state index in [1.807, 2.05) is 66.9 Å². The van der Waals surface area contributed by atoms with Crippen molar-refractivity contribution in [2.75, 3.05) is 13.1 Å². The third-order valence-electron chi connectivity index (χ3n) is 4.12. The molecular weight excluding hydrogens is 372 g/mol. The standard InChI is InChI=1S/C19H28N4O.3C2H6/c1-5-7-9-23(10-8-6-2)13-20-17-14(3)11-16-12-15(4)19(24)22-18(16)21-17;3*1-2/h11-13H,5-10H2,1-4H3,(H,21,22,24);3*1-2H3. The van der Waals surface area contributed by atoms with Gasteiger partial charge in [0.1, 0.15) is 5.65 Å². The van der Waals surface area contributed by atoms with Crippen molar-refractivity contribution in [1.82, 2.24) is 14.9 Å². The molecule has 1 N–H and O–H groups in total. The monoisotopic (exact) mass is 418 g/mol.